The zero-order chi connectivity index (χ0) is 14.5. The molecule has 2 rings (SSSR count). The Morgan fingerprint density at radius 2 is 2.20 bits per heavy atom. The van der Waals surface area contributed by atoms with E-state index in [1.807, 2.05) is 24.3 Å². The lowest BCUT2D eigenvalue weighted by Gasteiger charge is -2.07. The summed E-state index contributed by atoms with van der Waals surface area (Å²) in [5.41, 5.74) is 1.13. The molecular formula is C14H17ClN2O3. The summed E-state index contributed by atoms with van der Waals surface area (Å²) < 4.78 is 0. The SMILES string of the molecule is O=C(O)CCCNC(=O)N[C@@H]1C[C@H]1c1cccc(Cl)c1. The summed E-state index contributed by atoms with van der Waals surface area (Å²) in [5, 5.41) is 14.7. The molecule has 0 aromatic heterocycles. The van der Waals surface area contributed by atoms with E-state index in [0.29, 0.717) is 23.9 Å². The van der Waals surface area contributed by atoms with E-state index in [1.165, 1.54) is 0 Å². The Balaban J connectivity index is 1.68. The second-order valence-electron chi connectivity index (χ2n) is 4.90. The van der Waals surface area contributed by atoms with Gasteiger partial charge in [-0.1, -0.05) is 23.7 Å². The van der Waals surface area contributed by atoms with Crippen molar-refractivity contribution in [2.75, 3.05) is 6.54 Å². The molecule has 0 heterocycles. The van der Waals surface area contributed by atoms with Gasteiger partial charge in [-0.2, -0.15) is 0 Å². The molecule has 1 aliphatic carbocycles. The highest BCUT2D eigenvalue weighted by molar-refractivity contribution is 6.30. The normalized spacial score (nSPS) is 20.2. The third-order valence-corrected chi connectivity index (χ3v) is 3.47. The molecule has 2 amide bonds. The number of amides is 2. The van der Waals surface area contributed by atoms with Crippen LogP contribution in [0.5, 0.6) is 0 Å². The lowest BCUT2D eigenvalue weighted by molar-refractivity contribution is -0.137. The Bertz CT molecular complexity index is 507. The maximum absolute atomic E-state index is 11.6. The van der Waals surface area contributed by atoms with Crippen molar-refractivity contribution in [1.29, 1.82) is 0 Å². The molecule has 0 radical (unpaired) electrons. The van der Waals surface area contributed by atoms with Crippen LogP contribution >= 0.6 is 11.6 Å². The maximum atomic E-state index is 11.6. The second kappa shape index (κ2) is 6.61. The highest BCUT2D eigenvalue weighted by Crippen LogP contribution is 2.41. The Kier molecular flexibility index (Phi) is 4.84. The van der Waals surface area contributed by atoms with Gasteiger partial charge in [-0.15, -0.1) is 0 Å². The summed E-state index contributed by atoms with van der Waals surface area (Å²) in [6.45, 7) is 0.368. The van der Waals surface area contributed by atoms with Crippen LogP contribution in [0.4, 0.5) is 4.79 Å². The number of carbonyl (C=O) groups is 2. The van der Waals surface area contributed by atoms with Gasteiger partial charge in [-0.05, 0) is 30.5 Å². The third-order valence-electron chi connectivity index (χ3n) is 3.24. The van der Waals surface area contributed by atoms with Crippen LogP contribution in [-0.4, -0.2) is 29.7 Å². The van der Waals surface area contributed by atoms with Crippen molar-refractivity contribution in [1.82, 2.24) is 10.6 Å². The number of rotatable bonds is 6. The third kappa shape index (κ3) is 4.42. The standard InChI is InChI=1S/C14H17ClN2O3/c15-10-4-1-3-9(7-10)11-8-12(11)17-14(20)16-6-2-5-13(18)19/h1,3-4,7,11-12H,2,5-6,8H2,(H,18,19)(H2,16,17,20)/t11-,12+/m0/s1. The molecular weight excluding hydrogens is 280 g/mol. The van der Waals surface area contributed by atoms with Crippen molar-refractivity contribution in [3.05, 3.63) is 34.9 Å². The van der Waals surface area contributed by atoms with Gasteiger partial charge in [0.1, 0.15) is 0 Å². The lowest BCUT2D eigenvalue weighted by Crippen LogP contribution is -2.37. The first kappa shape index (κ1) is 14.7. The largest absolute Gasteiger partial charge is 0.481 e. The molecule has 6 heteroatoms. The van der Waals surface area contributed by atoms with Gasteiger partial charge in [-0.3, -0.25) is 4.79 Å². The van der Waals surface area contributed by atoms with Gasteiger partial charge in [0.05, 0.1) is 0 Å². The number of hydrogen-bond acceptors (Lipinski definition) is 2. The highest BCUT2D eigenvalue weighted by atomic mass is 35.5. The fraction of sp³-hybridized carbons (Fsp3) is 0.429. The summed E-state index contributed by atoms with van der Waals surface area (Å²) in [6, 6.07) is 7.53. The Hall–Kier alpha value is -1.75. The first-order valence-electron chi connectivity index (χ1n) is 6.58. The number of urea groups is 1. The van der Waals surface area contributed by atoms with E-state index in [9.17, 15) is 9.59 Å². The molecule has 0 unspecified atom stereocenters. The maximum Gasteiger partial charge on any atom is 0.315 e. The number of carboxylic acid groups (broad SMARTS) is 1. The second-order valence-corrected chi connectivity index (χ2v) is 5.34. The molecule has 108 valence electrons. The number of carboxylic acids is 1. The fourth-order valence-corrected chi connectivity index (χ4v) is 2.32. The monoisotopic (exact) mass is 296 g/mol. The zero-order valence-electron chi connectivity index (χ0n) is 10.9. The van der Waals surface area contributed by atoms with E-state index in [-0.39, 0.29) is 18.5 Å². The van der Waals surface area contributed by atoms with E-state index >= 15 is 0 Å². The summed E-state index contributed by atoms with van der Waals surface area (Å²) in [6.07, 6.45) is 1.41. The average Bonchev–Trinajstić information content (AvgIpc) is 3.14. The predicted molar refractivity (Wildman–Crippen MR) is 76.0 cm³/mol. The van der Waals surface area contributed by atoms with E-state index in [4.69, 9.17) is 16.7 Å². The van der Waals surface area contributed by atoms with Gasteiger partial charge in [0.15, 0.2) is 0 Å². The van der Waals surface area contributed by atoms with Gasteiger partial charge < -0.3 is 15.7 Å². The molecule has 1 aromatic carbocycles. The number of benzene rings is 1. The first-order chi connectivity index (χ1) is 9.56. The molecule has 1 aromatic rings. The fourth-order valence-electron chi connectivity index (χ4n) is 2.12. The van der Waals surface area contributed by atoms with Crippen LogP contribution in [-0.2, 0) is 4.79 Å². The predicted octanol–water partition coefficient (Wildman–Crippen LogP) is 2.36. The molecule has 2 atom stereocenters. The first-order valence-corrected chi connectivity index (χ1v) is 6.95. The van der Waals surface area contributed by atoms with Crippen molar-refractivity contribution >= 4 is 23.6 Å². The summed E-state index contributed by atoms with van der Waals surface area (Å²) >= 11 is 5.93. The van der Waals surface area contributed by atoms with Crippen LogP contribution in [0.15, 0.2) is 24.3 Å². The topological polar surface area (TPSA) is 78.4 Å². The number of hydrogen-bond donors (Lipinski definition) is 3. The molecule has 20 heavy (non-hydrogen) atoms. The average molecular weight is 297 g/mol. The van der Waals surface area contributed by atoms with Crippen molar-refractivity contribution in [2.45, 2.75) is 31.2 Å². The molecule has 5 nitrogen and oxygen atoms in total. The van der Waals surface area contributed by atoms with Crippen molar-refractivity contribution in [2.24, 2.45) is 0 Å². The molecule has 0 spiro atoms. The van der Waals surface area contributed by atoms with Gasteiger partial charge in [-0.25, -0.2) is 4.79 Å². The minimum absolute atomic E-state index is 0.0643. The van der Waals surface area contributed by atoms with Gasteiger partial charge in [0, 0.05) is 29.9 Å². The number of nitrogens with one attached hydrogen (secondary N) is 2. The molecule has 1 fully saturated rings. The Morgan fingerprint density at radius 1 is 1.40 bits per heavy atom. The van der Waals surface area contributed by atoms with Crippen molar-refractivity contribution in [3.8, 4) is 0 Å². The summed E-state index contributed by atoms with van der Waals surface area (Å²) in [4.78, 5) is 21.9. The lowest BCUT2D eigenvalue weighted by atomic mass is 10.1. The van der Waals surface area contributed by atoms with Crippen LogP contribution < -0.4 is 10.6 Å². The molecule has 3 N–H and O–H groups in total. The van der Waals surface area contributed by atoms with Gasteiger partial charge >= 0.3 is 12.0 Å². The van der Waals surface area contributed by atoms with Crippen LogP contribution in [0.25, 0.3) is 0 Å². The van der Waals surface area contributed by atoms with E-state index < -0.39 is 5.97 Å². The quantitative estimate of drug-likeness (QED) is 0.705. The minimum Gasteiger partial charge on any atom is -0.481 e. The van der Waals surface area contributed by atoms with Crippen molar-refractivity contribution < 1.29 is 14.7 Å². The summed E-state index contributed by atoms with van der Waals surface area (Å²) in [5.74, 6) is -0.533. The number of carbonyl (C=O) groups excluding carboxylic acids is 1. The van der Waals surface area contributed by atoms with Crippen LogP contribution in [0, 0.1) is 0 Å². The smallest absolute Gasteiger partial charge is 0.315 e. The van der Waals surface area contributed by atoms with Crippen molar-refractivity contribution in [3.63, 3.8) is 0 Å². The van der Waals surface area contributed by atoms with E-state index in [0.717, 1.165) is 12.0 Å². The van der Waals surface area contributed by atoms with E-state index in [2.05, 4.69) is 10.6 Å². The van der Waals surface area contributed by atoms with Gasteiger partial charge in [0.25, 0.3) is 0 Å². The number of halogens is 1. The number of aliphatic carboxylic acids is 1. The Labute approximate surface area is 122 Å². The Morgan fingerprint density at radius 3 is 2.90 bits per heavy atom. The van der Waals surface area contributed by atoms with Crippen LogP contribution in [0.1, 0.15) is 30.7 Å². The molecule has 0 aliphatic heterocycles. The molecule has 1 saturated carbocycles. The van der Waals surface area contributed by atoms with E-state index in [1.54, 1.807) is 0 Å². The zero-order valence-corrected chi connectivity index (χ0v) is 11.7. The summed E-state index contributed by atoms with van der Waals surface area (Å²) in [7, 11) is 0. The highest BCUT2D eigenvalue weighted by Gasteiger charge is 2.39. The van der Waals surface area contributed by atoms with Crippen LogP contribution in [0.2, 0.25) is 5.02 Å². The molecule has 1 aliphatic rings. The van der Waals surface area contributed by atoms with Crippen LogP contribution in [0.3, 0.4) is 0 Å². The minimum atomic E-state index is -0.851. The van der Waals surface area contributed by atoms with Gasteiger partial charge in [0.2, 0.25) is 0 Å². The molecule has 0 bridgehead atoms. The molecule has 0 saturated heterocycles.